The molecule has 0 radical (unpaired) electrons. The molecule has 23 heavy (non-hydrogen) atoms. The zero-order valence-electron chi connectivity index (χ0n) is 14.7. The molecule has 0 aromatic rings. The number of hydroxylamine groups is 2. The van der Waals surface area contributed by atoms with E-state index in [1.54, 1.807) is 0 Å². The lowest BCUT2D eigenvalue weighted by Gasteiger charge is -2.42. The summed E-state index contributed by atoms with van der Waals surface area (Å²) in [6.07, 6.45) is 3.54. The van der Waals surface area contributed by atoms with Gasteiger partial charge >= 0.3 is 0 Å². The maximum Gasteiger partial charge on any atom is 0.224 e. The second-order valence-electron chi connectivity index (χ2n) is 7.11. The van der Waals surface area contributed by atoms with E-state index in [0.717, 1.165) is 58.6 Å². The maximum absolute atomic E-state index is 12.5. The van der Waals surface area contributed by atoms with Gasteiger partial charge in [-0.25, -0.2) is 0 Å². The Hall–Kier alpha value is -0.690. The molecule has 0 aromatic heterocycles. The Kier molecular flexibility index (Phi) is 7.76. The number of rotatable bonds is 7. The van der Waals surface area contributed by atoms with Gasteiger partial charge in [-0.05, 0) is 25.2 Å². The summed E-state index contributed by atoms with van der Waals surface area (Å²) in [6, 6.07) is 0.284. The van der Waals surface area contributed by atoms with Gasteiger partial charge in [0.15, 0.2) is 0 Å². The first-order valence-corrected chi connectivity index (χ1v) is 9.10. The second kappa shape index (κ2) is 9.57. The number of amides is 1. The molecule has 6 nitrogen and oxygen atoms in total. The van der Waals surface area contributed by atoms with Crippen LogP contribution in [0.1, 0.15) is 39.5 Å². The van der Waals surface area contributed by atoms with Gasteiger partial charge in [-0.2, -0.15) is 5.06 Å². The van der Waals surface area contributed by atoms with Gasteiger partial charge in [0.1, 0.15) is 0 Å². The number of aliphatic hydroxyl groups excluding tert-OH is 1. The molecule has 2 saturated heterocycles. The van der Waals surface area contributed by atoms with Crippen molar-refractivity contribution in [2.45, 2.75) is 45.6 Å². The fraction of sp³-hybridized carbons (Fsp3) is 0.941. The first kappa shape index (κ1) is 18.6. The average Bonchev–Trinajstić information content (AvgIpc) is 2.55. The van der Waals surface area contributed by atoms with E-state index in [-0.39, 0.29) is 18.6 Å². The van der Waals surface area contributed by atoms with Crippen LogP contribution in [0.15, 0.2) is 0 Å². The average molecular weight is 327 g/mol. The molecule has 2 rings (SSSR count). The third-order valence-electron chi connectivity index (χ3n) is 4.67. The van der Waals surface area contributed by atoms with Crippen LogP contribution in [-0.4, -0.2) is 84.4 Å². The molecule has 6 heteroatoms. The Labute approximate surface area is 140 Å². The molecule has 2 aliphatic heterocycles. The van der Waals surface area contributed by atoms with E-state index in [4.69, 9.17) is 4.84 Å². The molecule has 2 fully saturated rings. The minimum Gasteiger partial charge on any atom is -0.396 e. The van der Waals surface area contributed by atoms with Crippen LogP contribution in [0, 0.1) is 5.92 Å². The van der Waals surface area contributed by atoms with E-state index < -0.39 is 0 Å². The lowest BCUT2D eigenvalue weighted by molar-refractivity contribution is -0.183. The summed E-state index contributed by atoms with van der Waals surface area (Å²) in [7, 11) is 0. The Bertz CT molecular complexity index is 359. The summed E-state index contributed by atoms with van der Waals surface area (Å²) in [4.78, 5) is 22.4. The van der Waals surface area contributed by atoms with Gasteiger partial charge in [0.2, 0.25) is 5.91 Å². The SMILES string of the molecule is CC(C)CN1CCN(C(=O)CCN2CCCCO2)CC1CCO. The quantitative estimate of drug-likeness (QED) is 0.755. The predicted octanol–water partition coefficient (Wildman–Crippen LogP) is 0.955. The van der Waals surface area contributed by atoms with Crippen molar-refractivity contribution in [3.05, 3.63) is 0 Å². The van der Waals surface area contributed by atoms with Gasteiger partial charge in [-0.3, -0.25) is 14.5 Å². The summed E-state index contributed by atoms with van der Waals surface area (Å²) >= 11 is 0. The molecule has 1 amide bonds. The predicted molar refractivity (Wildman–Crippen MR) is 89.9 cm³/mol. The van der Waals surface area contributed by atoms with Crippen molar-refractivity contribution in [3.8, 4) is 0 Å². The van der Waals surface area contributed by atoms with Crippen LogP contribution >= 0.6 is 0 Å². The van der Waals surface area contributed by atoms with Crippen LogP contribution < -0.4 is 0 Å². The van der Waals surface area contributed by atoms with Crippen LogP contribution in [0.4, 0.5) is 0 Å². The van der Waals surface area contributed by atoms with Gasteiger partial charge in [-0.15, -0.1) is 0 Å². The van der Waals surface area contributed by atoms with Gasteiger partial charge < -0.3 is 10.0 Å². The van der Waals surface area contributed by atoms with E-state index in [2.05, 4.69) is 18.7 Å². The smallest absolute Gasteiger partial charge is 0.224 e. The first-order chi connectivity index (χ1) is 11.1. The van der Waals surface area contributed by atoms with Crippen molar-refractivity contribution in [1.82, 2.24) is 14.9 Å². The van der Waals surface area contributed by atoms with Gasteiger partial charge in [0.25, 0.3) is 0 Å². The summed E-state index contributed by atoms with van der Waals surface area (Å²) in [5, 5.41) is 11.2. The minimum absolute atomic E-state index is 0.183. The van der Waals surface area contributed by atoms with Gasteiger partial charge in [-0.1, -0.05) is 13.8 Å². The Morgan fingerprint density at radius 3 is 2.74 bits per heavy atom. The van der Waals surface area contributed by atoms with Gasteiger partial charge in [0, 0.05) is 58.3 Å². The van der Waals surface area contributed by atoms with Crippen molar-refractivity contribution in [2.75, 3.05) is 52.5 Å². The number of hydrogen-bond donors (Lipinski definition) is 1. The maximum atomic E-state index is 12.5. The number of hydrogen-bond acceptors (Lipinski definition) is 5. The van der Waals surface area contributed by atoms with Crippen molar-refractivity contribution >= 4 is 5.91 Å². The first-order valence-electron chi connectivity index (χ1n) is 9.10. The van der Waals surface area contributed by atoms with E-state index in [1.807, 2.05) is 9.96 Å². The molecule has 1 unspecified atom stereocenters. The highest BCUT2D eigenvalue weighted by atomic mass is 16.7. The number of nitrogens with zero attached hydrogens (tertiary/aromatic N) is 3. The summed E-state index contributed by atoms with van der Waals surface area (Å²) in [5.74, 6) is 0.820. The molecule has 2 heterocycles. The Balaban J connectivity index is 1.79. The van der Waals surface area contributed by atoms with Crippen molar-refractivity contribution in [3.63, 3.8) is 0 Å². The standard InChI is InChI=1S/C17H33N3O3/c1-15(2)13-18-9-10-19(14-16(18)6-11-21)17(22)5-8-20-7-3-4-12-23-20/h15-16,21H,3-14H2,1-2H3. The van der Waals surface area contributed by atoms with Crippen LogP contribution in [0.3, 0.4) is 0 Å². The van der Waals surface area contributed by atoms with E-state index in [1.165, 1.54) is 0 Å². The number of piperazine rings is 1. The Morgan fingerprint density at radius 1 is 1.26 bits per heavy atom. The van der Waals surface area contributed by atoms with Crippen molar-refractivity contribution in [2.24, 2.45) is 5.92 Å². The molecule has 1 atom stereocenters. The minimum atomic E-state index is 0.183. The molecule has 1 N–H and O–H groups in total. The fourth-order valence-corrected chi connectivity index (χ4v) is 3.45. The third kappa shape index (κ3) is 6.03. The van der Waals surface area contributed by atoms with Crippen molar-refractivity contribution < 1.29 is 14.7 Å². The molecule has 0 aliphatic carbocycles. The highest BCUT2D eigenvalue weighted by molar-refractivity contribution is 5.76. The topological polar surface area (TPSA) is 56.2 Å². The lowest BCUT2D eigenvalue weighted by Crippen LogP contribution is -2.56. The zero-order chi connectivity index (χ0) is 16.7. The molecule has 2 aliphatic rings. The highest BCUT2D eigenvalue weighted by Gasteiger charge is 2.29. The molecule has 0 spiro atoms. The molecule has 0 saturated carbocycles. The summed E-state index contributed by atoms with van der Waals surface area (Å²) in [6.45, 7) is 10.5. The van der Waals surface area contributed by atoms with Crippen LogP contribution in [0.25, 0.3) is 0 Å². The highest BCUT2D eigenvalue weighted by Crippen LogP contribution is 2.16. The largest absolute Gasteiger partial charge is 0.396 e. The summed E-state index contributed by atoms with van der Waals surface area (Å²) in [5.41, 5.74) is 0. The summed E-state index contributed by atoms with van der Waals surface area (Å²) < 4.78 is 0. The molecular weight excluding hydrogens is 294 g/mol. The molecular formula is C17H33N3O3. The number of carbonyl (C=O) groups is 1. The van der Waals surface area contributed by atoms with E-state index >= 15 is 0 Å². The Morgan fingerprint density at radius 2 is 2.09 bits per heavy atom. The second-order valence-corrected chi connectivity index (χ2v) is 7.11. The lowest BCUT2D eigenvalue weighted by atomic mass is 10.1. The molecule has 134 valence electrons. The van der Waals surface area contributed by atoms with E-state index in [0.29, 0.717) is 18.9 Å². The monoisotopic (exact) mass is 327 g/mol. The fourth-order valence-electron chi connectivity index (χ4n) is 3.45. The molecule has 0 bridgehead atoms. The third-order valence-corrected chi connectivity index (χ3v) is 4.67. The van der Waals surface area contributed by atoms with Crippen LogP contribution in [-0.2, 0) is 9.63 Å². The normalized spacial score (nSPS) is 24.3. The van der Waals surface area contributed by atoms with Crippen molar-refractivity contribution in [1.29, 1.82) is 0 Å². The van der Waals surface area contributed by atoms with E-state index in [9.17, 15) is 9.90 Å². The molecule has 0 aromatic carbocycles. The number of aliphatic hydroxyl groups is 1. The van der Waals surface area contributed by atoms with Gasteiger partial charge in [0.05, 0.1) is 6.61 Å². The van der Waals surface area contributed by atoms with Crippen LogP contribution in [0.5, 0.6) is 0 Å². The zero-order valence-corrected chi connectivity index (χ0v) is 14.7. The number of carbonyl (C=O) groups excluding carboxylic acids is 1. The van der Waals surface area contributed by atoms with Crippen LogP contribution in [0.2, 0.25) is 0 Å².